The van der Waals surface area contributed by atoms with Crippen molar-refractivity contribution < 1.29 is 9.53 Å². The van der Waals surface area contributed by atoms with Crippen molar-refractivity contribution in [2.75, 3.05) is 27.2 Å². The van der Waals surface area contributed by atoms with Crippen molar-refractivity contribution in [3.8, 4) is 5.75 Å². The summed E-state index contributed by atoms with van der Waals surface area (Å²) in [5.74, 6) is 1.68. The molecule has 2 aromatic carbocycles. The van der Waals surface area contributed by atoms with Crippen molar-refractivity contribution in [2.24, 2.45) is 5.92 Å². The van der Waals surface area contributed by atoms with Crippen molar-refractivity contribution in [2.45, 2.75) is 116 Å². The molecule has 0 saturated carbocycles. The molecule has 0 aromatic heterocycles. The predicted molar refractivity (Wildman–Crippen MR) is 168 cm³/mol. The van der Waals surface area contributed by atoms with Gasteiger partial charge in [-0.1, -0.05) is 146 Å². The summed E-state index contributed by atoms with van der Waals surface area (Å²) >= 11 is 0. The molecule has 39 heavy (non-hydrogen) atoms. The van der Waals surface area contributed by atoms with Crippen LogP contribution >= 0.6 is 0 Å². The first-order chi connectivity index (χ1) is 19.1. The fourth-order valence-electron chi connectivity index (χ4n) is 5.54. The van der Waals surface area contributed by atoms with Crippen LogP contribution in [-0.2, 0) is 0 Å². The maximum atomic E-state index is 12.9. The summed E-state index contributed by atoms with van der Waals surface area (Å²) in [5, 5.41) is 0. The molecular weight excluding hydrogens is 478 g/mol. The van der Waals surface area contributed by atoms with Gasteiger partial charge in [0, 0.05) is 5.56 Å². The van der Waals surface area contributed by atoms with Gasteiger partial charge in [0.25, 0.3) is 0 Å². The van der Waals surface area contributed by atoms with E-state index in [-0.39, 0.29) is 5.78 Å². The molecule has 3 nitrogen and oxygen atoms in total. The fourth-order valence-corrected chi connectivity index (χ4v) is 5.54. The van der Waals surface area contributed by atoms with Gasteiger partial charge in [-0.2, -0.15) is 0 Å². The quantitative estimate of drug-likeness (QED) is 0.0989. The number of ether oxygens (including phenoxy) is 1. The molecule has 1 unspecified atom stereocenters. The Balaban J connectivity index is 1.49. The van der Waals surface area contributed by atoms with E-state index in [1.807, 2.05) is 54.6 Å². The van der Waals surface area contributed by atoms with Crippen LogP contribution in [0.4, 0.5) is 0 Å². The molecule has 1 atom stereocenters. The van der Waals surface area contributed by atoms with Gasteiger partial charge in [0.2, 0.25) is 0 Å². The van der Waals surface area contributed by atoms with E-state index < -0.39 is 0 Å². The number of para-hydroxylation sites is 1. The summed E-state index contributed by atoms with van der Waals surface area (Å²) in [6.07, 6.45) is 23.1. The van der Waals surface area contributed by atoms with E-state index >= 15 is 0 Å². The first-order valence-corrected chi connectivity index (χ1v) is 16.1. The summed E-state index contributed by atoms with van der Waals surface area (Å²) in [7, 11) is 4.34. The number of unbranched alkanes of at least 4 members (excludes halogenated alkanes) is 11. The van der Waals surface area contributed by atoms with E-state index in [0.29, 0.717) is 23.5 Å². The number of ketones is 1. The Morgan fingerprint density at radius 2 is 1.21 bits per heavy atom. The second-order valence-electron chi connectivity index (χ2n) is 11.7. The van der Waals surface area contributed by atoms with Gasteiger partial charge in [0.05, 0.1) is 12.2 Å². The van der Waals surface area contributed by atoms with E-state index in [9.17, 15) is 4.79 Å². The first kappa shape index (κ1) is 33.1. The lowest BCUT2D eigenvalue weighted by Crippen LogP contribution is -2.12. The third-order valence-electron chi connectivity index (χ3n) is 7.85. The zero-order valence-electron chi connectivity index (χ0n) is 25.5. The minimum Gasteiger partial charge on any atom is -0.493 e. The highest BCUT2D eigenvalue weighted by Crippen LogP contribution is 2.24. The molecule has 0 fully saturated rings. The molecule has 2 aromatic rings. The van der Waals surface area contributed by atoms with Crippen LogP contribution in [0.25, 0.3) is 0 Å². The van der Waals surface area contributed by atoms with Crippen LogP contribution in [0.1, 0.15) is 132 Å². The van der Waals surface area contributed by atoms with Crippen molar-refractivity contribution in [3.63, 3.8) is 0 Å². The van der Waals surface area contributed by atoms with Gasteiger partial charge >= 0.3 is 0 Å². The van der Waals surface area contributed by atoms with Crippen LogP contribution in [0.15, 0.2) is 54.6 Å². The number of carbonyl (C=O) groups is 1. The van der Waals surface area contributed by atoms with Gasteiger partial charge in [-0.3, -0.25) is 4.79 Å². The average molecular weight is 536 g/mol. The number of rotatable bonds is 24. The summed E-state index contributed by atoms with van der Waals surface area (Å²) in [6.45, 7) is 4.26. The Kier molecular flexibility index (Phi) is 18.4. The lowest BCUT2D eigenvalue weighted by Gasteiger charge is -2.16. The highest BCUT2D eigenvalue weighted by molar-refractivity contribution is 6.10. The Morgan fingerprint density at radius 3 is 1.82 bits per heavy atom. The SMILES string of the molecule is CCCC(CCCCCCCCCN(C)C)CCCCCCCCOc1ccccc1C(=O)c1ccccc1. The van der Waals surface area contributed by atoms with Crippen LogP contribution in [0.5, 0.6) is 5.75 Å². The molecule has 0 aliphatic heterocycles. The van der Waals surface area contributed by atoms with Crippen molar-refractivity contribution in [1.82, 2.24) is 4.90 Å². The van der Waals surface area contributed by atoms with Crippen LogP contribution in [-0.4, -0.2) is 37.9 Å². The Morgan fingerprint density at radius 1 is 0.667 bits per heavy atom. The van der Waals surface area contributed by atoms with Crippen LogP contribution in [0.3, 0.4) is 0 Å². The lowest BCUT2D eigenvalue weighted by atomic mass is 9.90. The molecule has 218 valence electrons. The minimum atomic E-state index is 0.0266. The first-order valence-electron chi connectivity index (χ1n) is 16.1. The molecular formula is C36H57NO2. The second kappa shape index (κ2) is 21.7. The summed E-state index contributed by atoms with van der Waals surface area (Å²) in [6, 6.07) is 17.1. The summed E-state index contributed by atoms with van der Waals surface area (Å²) in [4.78, 5) is 15.2. The molecule has 0 heterocycles. The van der Waals surface area contributed by atoms with Crippen molar-refractivity contribution >= 4 is 5.78 Å². The van der Waals surface area contributed by atoms with Crippen molar-refractivity contribution in [3.05, 3.63) is 65.7 Å². The molecule has 0 radical (unpaired) electrons. The fraction of sp³-hybridized carbons (Fsp3) is 0.639. The van der Waals surface area contributed by atoms with Crippen molar-refractivity contribution in [1.29, 1.82) is 0 Å². The molecule has 0 saturated heterocycles. The smallest absolute Gasteiger partial charge is 0.196 e. The highest BCUT2D eigenvalue weighted by Gasteiger charge is 2.14. The van der Waals surface area contributed by atoms with Gasteiger partial charge in [0.15, 0.2) is 5.78 Å². The summed E-state index contributed by atoms with van der Waals surface area (Å²) in [5.41, 5.74) is 1.36. The zero-order valence-corrected chi connectivity index (χ0v) is 25.5. The Bertz CT molecular complexity index is 863. The Hall–Kier alpha value is -2.13. The van der Waals surface area contributed by atoms with Gasteiger partial charge in [-0.15, -0.1) is 0 Å². The van der Waals surface area contributed by atoms with E-state index in [0.717, 1.165) is 12.3 Å². The largest absolute Gasteiger partial charge is 0.493 e. The lowest BCUT2D eigenvalue weighted by molar-refractivity contribution is 0.103. The molecule has 0 aliphatic rings. The minimum absolute atomic E-state index is 0.0266. The number of hydrogen-bond donors (Lipinski definition) is 0. The molecule has 0 aliphatic carbocycles. The number of hydrogen-bond acceptors (Lipinski definition) is 3. The highest BCUT2D eigenvalue weighted by atomic mass is 16.5. The molecule has 0 amide bonds. The third-order valence-corrected chi connectivity index (χ3v) is 7.85. The molecule has 2 rings (SSSR count). The van der Waals surface area contributed by atoms with Gasteiger partial charge < -0.3 is 9.64 Å². The normalized spacial score (nSPS) is 12.1. The van der Waals surface area contributed by atoms with E-state index in [4.69, 9.17) is 4.74 Å². The molecule has 3 heteroatoms. The Labute approximate surface area is 240 Å². The number of benzene rings is 2. The third kappa shape index (κ3) is 15.3. The van der Waals surface area contributed by atoms with E-state index in [2.05, 4.69) is 25.9 Å². The molecule has 0 N–H and O–H groups in total. The molecule has 0 spiro atoms. The average Bonchev–Trinajstić information content (AvgIpc) is 2.95. The predicted octanol–water partition coefficient (Wildman–Crippen LogP) is 10.1. The van der Waals surface area contributed by atoms with Gasteiger partial charge in [-0.05, 0) is 51.5 Å². The van der Waals surface area contributed by atoms with Gasteiger partial charge in [-0.25, -0.2) is 0 Å². The maximum Gasteiger partial charge on any atom is 0.196 e. The van der Waals surface area contributed by atoms with Gasteiger partial charge in [0.1, 0.15) is 5.75 Å². The monoisotopic (exact) mass is 535 g/mol. The standard InChI is InChI=1S/C36H57NO2/c1-4-23-32(24-15-10-6-5-8-12-21-30-37(2)3)25-16-11-7-9-13-22-31-39-35-29-20-19-28-34(35)36(38)33-26-17-14-18-27-33/h14,17-20,26-29,32H,4-13,15-16,21-25,30-31H2,1-3H3. The van der Waals surface area contributed by atoms with E-state index in [1.165, 1.54) is 109 Å². The second-order valence-corrected chi connectivity index (χ2v) is 11.7. The van der Waals surface area contributed by atoms with Crippen LogP contribution in [0, 0.1) is 5.92 Å². The maximum absolute atomic E-state index is 12.9. The summed E-state index contributed by atoms with van der Waals surface area (Å²) < 4.78 is 6.03. The van der Waals surface area contributed by atoms with E-state index in [1.54, 1.807) is 0 Å². The number of carbonyl (C=O) groups excluding carboxylic acids is 1. The molecule has 0 bridgehead atoms. The van der Waals surface area contributed by atoms with Crippen LogP contribution in [0.2, 0.25) is 0 Å². The van der Waals surface area contributed by atoms with Crippen LogP contribution < -0.4 is 4.74 Å². The topological polar surface area (TPSA) is 29.5 Å². The zero-order chi connectivity index (χ0) is 28.0. The number of nitrogens with zero attached hydrogens (tertiary/aromatic N) is 1.